The van der Waals surface area contributed by atoms with Crippen LogP contribution in [0.4, 0.5) is 0 Å². The van der Waals surface area contributed by atoms with Crippen molar-refractivity contribution in [3.63, 3.8) is 0 Å². The predicted molar refractivity (Wildman–Crippen MR) is 224 cm³/mol. The smallest absolute Gasteiger partial charge is 0.164 e. The van der Waals surface area contributed by atoms with E-state index in [0.717, 1.165) is 50.2 Å². The monoisotopic (exact) mass is 707 g/mol. The van der Waals surface area contributed by atoms with Crippen LogP contribution in [0.2, 0.25) is 0 Å². The molecular weight excluding hydrogens is 679 g/mol. The molecule has 252 valence electrons. The van der Waals surface area contributed by atoms with Crippen LogP contribution in [0.1, 0.15) is 0 Å². The zero-order valence-corrected chi connectivity index (χ0v) is 29.7. The molecule has 0 saturated carbocycles. The van der Waals surface area contributed by atoms with Crippen molar-refractivity contribution in [1.82, 2.24) is 24.3 Å². The number of pyridine rings is 1. The van der Waals surface area contributed by atoms with Gasteiger partial charge in [-0.25, -0.2) is 19.9 Å². The van der Waals surface area contributed by atoms with Crippen LogP contribution in [-0.2, 0) is 0 Å². The fourth-order valence-corrected chi connectivity index (χ4v) is 8.69. The summed E-state index contributed by atoms with van der Waals surface area (Å²) in [6.07, 6.45) is 0. The molecule has 0 spiro atoms. The summed E-state index contributed by atoms with van der Waals surface area (Å²) in [5.74, 6) is 1.90. The first-order chi connectivity index (χ1) is 26.7. The number of thiophene rings is 1. The average molecular weight is 708 g/mol. The van der Waals surface area contributed by atoms with Crippen LogP contribution in [0.15, 0.2) is 176 Å². The molecule has 4 aromatic heterocycles. The fraction of sp³-hybridized carbons (Fsp3) is 0. The highest BCUT2D eigenvalue weighted by Gasteiger charge is 2.19. The summed E-state index contributed by atoms with van der Waals surface area (Å²) in [5, 5.41) is 4.85. The molecule has 11 rings (SSSR count). The molecule has 0 saturated heterocycles. The zero-order valence-electron chi connectivity index (χ0n) is 28.9. The third kappa shape index (κ3) is 5.07. The summed E-state index contributed by atoms with van der Waals surface area (Å²) in [7, 11) is 0. The lowest BCUT2D eigenvalue weighted by molar-refractivity contribution is 1.07. The van der Waals surface area contributed by atoms with Gasteiger partial charge in [0.1, 0.15) is 0 Å². The molecule has 4 heterocycles. The number of rotatable bonds is 5. The zero-order chi connectivity index (χ0) is 35.6. The van der Waals surface area contributed by atoms with Crippen LogP contribution >= 0.6 is 11.3 Å². The Morgan fingerprint density at radius 1 is 0.389 bits per heavy atom. The number of fused-ring (bicyclic) bond motifs is 8. The second-order valence-electron chi connectivity index (χ2n) is 13.5. The van der Waals surface area contributed by atoms with E-state index >= 15 is 0 Å². The van der Waals surface area contributed by atoms with E-state index in [4.69, 9.17) is 19.9 Å². The summed E-state index contributed by atoms with van der Waals surface area (Å²) in [5.41, 5.74) is 10.3. The summed E-state index contributed by atoms with van der Waals surface area (Å²) in [6.45, 7) is 0. The lowest BCUT2D eigenvalue weighted by Crippen LogP contribution is -2.00. The van der Waals surface area contributed by atoms with Crippen molar-refractivity contribution >= 4 is 59.0 Å². The van der Waals surface area contributed by atoms with Crippen molar-refractivity contribution < 1.29 is 0 Å². The van der Waals surface area contributed by atoms with Gasteiger partial charge in [-0.1, -0.05) is 152 Å². The van der Waals surface area contributed by atoms with E-state index in [-0.39, 0.29) is 0 Å². The number of nitrogens with zero attached hydrogens (tertiary/aromatic N) is 5. The first kappa shape index (κ1) is 30.6. The molecule has 0 aliphatic heterocycles. The van der Waals surface area contributed by atoms with Gasteiger partial charge >= 0.3 is 0 Å². The van der Waals surface area contributed by atoms with Crippen LogP contribution in [0.5, 0.6) is 0 Å². The standard InChI is InChI=1S/C48H29N5S/c1-3-11-30(12-4-1)31-19-23-34(24-20-31)46-50-45(33-13-5-2-6-14-33)51-47(52-46)35-25-21-32(22-26-35)41-29-39-38-17-9-10-18-43(38)54-44(39)48-49-40-27-36-15-7-8-16-37(36)28-42(40)53(41)48/h1-29H. The number of hydrogen-bond acceptors (Lipinski definition) is 5. The molecule has 0 amide bonds. The Bertz CT molecular complexity index is 3180. The molecule has 0 N–H and O–H groups in total. The molecular formula is C48H29N5S. The maximum Gasteiger partial charge on any atom is 0.164 e. The van der Waals surface area contributed by atoms with Gasteiger partial charge < -0.3 is 0 Å². The number of imidazole rings is 1. The van der Waals surface area contributed by atoms with E-state index in [1.54, 1.807) is 11.3 Å². The van der Waals surface area contributed by atoms with Gasteiger partial charge in [0.25, 0.3) is 0 Å². The SMILES string of the molecule is c1ccc(-c2ccc(-c3nc(-c4ccccc4)nc(-c4ccc(-c5cc6c7ccccc7sc6c6nc7cc8ccccc8cc7n56)cc4)n3)cc2)cc1. The normalized spacial score (nSPS) is 11.7. The van der Waals surface area contributed by atoms with Crippen molar-refractivity contribution in [3.05, 3.63) is 176 Å². The summed E-state index contributed by atoms with van der Waals surface area (Å²) < 4.78 is 4.79. The Morgan fingerprint density at radius 2 is 0.889 bits per heavy atom. The van der Waals surface area contributed by atoms with Crippen LogP contribution in [0, 0.1) is 0 Å². The van der Waals surface area contributed by atoms with E-state index < -0.39 is 0 Å². The quantitative estimate of drug-likeness (QED) is 0.179. The molecule has 0 fully saturated rings. The molecule has 54 heavy (non-hydrogen) atoms. The Morgan fingerprint density at radius 3 is 1.56 bits per heavy atom. The predicted octanol–water partition coefficient (Wildman–Crippen LogP) is 12.5. The lowest BCUT2D eigenvalue weighted by atomic mass is 10.0. The van der Waals surface area contributed by atoms with Crippen molar-refractivity contribution in [3.8, 4) is 56.5 Å². The van der Waals surface area contributed by atoms with E-state index in [0.29, 0.717) is 17.5 Å². The largest absolute Gasteiger partial charge is 0.291 e. The average Bonchev–Trinajstić information content (AvgIpc) is 3.81. The summed E-state index contributed by atoms with van der Waals surface area (Å²) >= 11 is 1.81. The van der Waals surface area contributed by atoms with Crippen LogP contribution in [0.3, 0.4) is 0 Å². The van der Waals surface area contributed by atoms with Gasteiger partial charge in [0.05, 0.1) is 21.4 Å². The first-order valence-corrected chi connectivity index (χ1v) is 18.8. The van der Waals surface area contributed by atoms with Gasteiger partial charge in [0.2, 0.25) is 0 Å². The van der Waals surface area contributed by atoms with Crippen LogP contribution in [0.25, 0.3) is 104 Å². The maximum atomic E-state index is 5.29. The molecule has 0 aliphatic rings. The maximum absolute atomic E-state index is 5.29. The minimum atomic E-state index is 0.626. The summed E-state index contributed by atoms with van der Waals surface area (Å²) in [4.78, 5) is 20.3. The molecule has 11 aromatic rings. The Balaban J connectivity index is 1.07. The second kappa shape index (κ2) is 12.3. The van der Waals surface area contributed by atoms with E-state index in [1.165, 1.54) is 36.5 Å². The van der Waals surface area contributed by atoms with Crippen LogP contribution in [-0.4, -0.2) is 24.3 Å². The number of aromatic nitrogens is 5. The molecule has 0 atom stereocenters. The lowest BCUT2D eigenvalue weighted by Gasteiger charge is -2.11. The fourth-order valence-electron chi connectivity index (χ4n) is 7.53. The molecule has 0 aliphatic carbocycles. The van der Waals surface area contributed by atoms with Crippen LogP contribution < -0.4 is 0 Å². The van der Waals surface area contributed by atoms with E-state index in [9.17, 15) is 0 Å². The molecule has 0 unspecified atom stereocenters. The molecule has 7 aromatic carbocycles. The Hall–Kier alpha value is -7.02. The topological polar surface area (TPSA) is 56.0 Å². The first-order valence-electron chi connectivity index (χ1n) is 18.0. The molecule has 6 heteroatoms. The van der Waals surface area contributed by atoms with Gasteiger partial charge in [-0.2, -0.15) is 0 Å². The van der Waals surface area contributed by atoms with Crippen molar-refractivity contribution in [2.45, 2.75) is 0 Å². The van der Waals surface area contributed by atoms with E-state index in [1.807, 2.05) is 36.4 Å². The highest BCUT2D eigenvalue weighted by atomic mass is 32.1. The minimum absolute atomic E-state index is 0.626. The third-order valence-electron chi connectivity index (χ3n) is 10.2. The third-order valence-corrected chi connectivity index (χ3v) is 11.4. The van der Waals surface area contributed by atoms with Gasteiger partial charge in [0, 0.05) is 32.2 Å². The highest BCUT2D eigenvalue weighted by molar-refractivity contribution is 7.26. The molecule has 0 radical (unpaired) electrons. The van der Waals surface area contributed by atoms with Crippen molar-refractivity contribution in [2.75, 3.05) is 0 Å². The number of hydrogen-bond donors (Lipinski definition) is 0. The summed E-state index contributed by atoms with van der Waals surface area (Å²) in [6, 6.07) is 61.5. The van der Waals surface area contributed by atoms with Crippen molar-refractivity contribution in [2.24, 2.45) is 0 Å². The Labute approximate surface area is 314 Å². The highest BCUT2D eigenvalue weighted by Crippen LogP contribution is 2.41. The second-order valence-corrected chi connectivity index (χ2v) is 14.6. The van der Waals surface area contributed by atoms with Gasteiger partial charge in [-0.15, -0.1) is 11.3 Å². The number of benzene rings is 7. The van der Waals surface area contributed by atoms with Gasteiger partial charge in [-0.3, -0.25) is 4.40 Å². The molecule has 5 nitrogen and oxygen atoms in total. The van der Waals surface area contributed by atoms with Gasteiger partial charge in [0.15, 0.2) is 23.1 Å². The Kier molecular flexibility index (Phi) is 6.97. The van der Waals surface area contributed by atoms with E-state index in [2.05, 4.69) is 144 Å². The van der Waals surface area contributed by atoms with Crippen molar-refractivity contribution in [1.29, 1.82) is 0 Å². The minimum Gasteiger partial charge on any atom is -0.291 e. The molecule has 0 bridgehead atoms. The van der Waals surface area contributed by atoms with Gasteiger partial charge in [-0.05, 0) is 51.7 Å².